The molecule has 1 fully saturated rings. The van der Waals surface area contributed by atoms with Crippen LogP contribution in [0.25, 0.3) is 6.08 Å². The van der Waals surface area contributed by atoms with Gasteiger partial charge in [-0.15, -0.1) is 0 Å². The monoisotopic (exact) mass is 345 g/mol. The fourth-order valence-electron chi connectivity index (χ4n) is 2.21. The van der Waals surface area contributed by atoms with Crippen LogP contribution in [0.15, 0.2) is 53.4 Å². The molecule has 0 bridgehead atoms. The average Bonchev–Trinajstić information content (AvgIpc) is 2.83. The lowest BCUT2D eigenvalue weighted by Crippen LogP contribution is -2.27. The second-order valence-corrected chi connectivity index (χ2v) is 6.41. The third kappa shape index (κ3) is 3.13. The summed E-state index contributed by atoms with van der Waals surface area (Å²) in [5.41, 5.74) is 1.35. The number of carbonyl (C=O) groups is 1. The number of thiocarbonyl (C=S) groups is 1. The lowest BCUT2D eigenvalue weighted by molar-refractivity contribution is -0.113. The molecule has 1 aliphatic heterocycles. The topological polar surface area (TPSA) is 29.5 Å². The molecular formula is C17H12FNO2S2. The Morgan fingerprint density at radius 2 is 1.87 bits per heavy atom. The molecule has 0 spiro atoms. The minimum absolute atomic E-state index is 0.225. The van der Waals surface area contributed by atoms with E-state index in [0.717, 1.165) is 5.56 Å². The molecule has 3 nitrogen and oxygen atoms in total. The zero-order valence-corrected chi connectivity index (χ0v) is 13.8. The zero-order chi connectivity index (χ0) is 16.4. The van der Waals surface area contributed by atoms with Crippen LogP contribution in [0.4, 0.5) is 10.1 Å². The van der Waals surface area contributed by atoms with Crippen molar-refractivity contribution >= 4 is 46.0 Å². The van der Waals surface area contributed by atoms with Crippen molar-refractivity contribution in [2.75, 3.05) is 12.0 Å². The van der Waals surface area contributed by atoms with E-state index in [9.17, 15) is 9.18 Å². The first-order valence-corrected chi connectivity index (χ1v) is 7.99. The second kappa shape index (κ2) is 6.52. The summed E-state index contributed by atoms with van der Waals surface area (Å²) in [7, 11) is 1.58. The number of anilines is 1. The Morgan fingerprint density at radius 1 is 1.17 bits per heavy atom. The minimum atomic E-state index is -0.358. The number of benzene rings is 2. The van der Waals surface area contributed by atoms with Crippen LogP contribution < -0.4 is 9.64 Å². The van der Waals surface area contributed by atoms with E-state index in [0.29, 0.717) is 20.7 Å². The quantitative estimate of drug-likeness (QED) is 0.615. The number of nitrogens with zero attached hydrogens (tertiary/aromatic N) is 1. The highest BCUT2D eigenvalue weighted by Crippen LogP contribution is 2.37. The molecule has 3 rings (SSSR count). The molecule has 2 aromatic rings. The van der Waals surface area contributed by atoms with E-state index in [-0.39, 0.29) is 11.7 Å². The van der Waals surface area contributed by atoms with Crippen molar-refractivity contribution in [3.8, 4) is 5.75 Å². The van der Waals surface area contributed by atoms with Crippen LogP contribution in [0.2, 0.25) is 0 Å². The Balaban J connectivity index is 1.95. The van der Waals surface area contributed by atoms with Crippen LogP contribution in [-0.2, 0) is 4.79 Å². The van der Waals surface area contributed by atoms with E-state index < -0.39 is 0 Å². The highest BCUT2D eigenvalue weighted by atomic mass is 32.2. The summed E-state index contributed by atoms with van der Waals surface area (Å²) in [5, 5.41) is 0. The smallest absolute Gasteiger partial charge is 0.270 e. The second-order valence-electron chi connectivity index (χ2n) is 4.74. The Kier molecular flexibility index (Phi) is 4.45. The highest BCUT2D eigenvalue weighted by Gasteiger charge is 2.33. The van der Waals surface area contributed by atoms with Gasteiger partial charge < -0.3 is 4.74 Å². The van der Waals surface area contributed by atoms with Gasteiger partial charge in [0.25, 0.3) is 5.91 Å². The lowest BCUT2D eigenvalue weighted by Gasteiger charge is -2.14. The molecule has 116 valence electrons. The largest absolute Gasteiger partial charge is 0.496 e. The minimum Gasteiger partial charge on any atom is -0.496 e. The van der Waals surface area contributed by atoms with E-state index >= 15 is 0 Å². The maximum absolute atomic E-state index is 13.0. The summed E-state index contributed by atoms with van der Waals surface area (Å²) in [6.45, 7) is 0. The molecule has 0 unspecified atom stereocenters. The first-order chi connectivity index (χ1) is 11.1. The number of rotatable bonds is 3. The molecule has 1 saturated heterocycles. The molecule has 0 aliphatic carbocycles. The molecule has 6 heteroatoms. The predicted octanol–water partition coefficient (Wildman–Crippen LogP) is 4.24. The Morgan fingerprint density at radius 3 is 2.57 bits per heavy atom. The van der Waals surface area contributed by atoms with Crippen molar-refractivity contribution < 1.29 is 13.9 Å². The van der Waals surface area contributed by atoms with E-state index in [1.165, 1.54) is 40.9 Å². The van der Waals surface area contributed by atoms with Crippen molar-refractivity contribution in [3.05, 3.63) is 64.8 Å². The molecule has 1 heterocycles. The molecule has 23 heavy (non-hydrogen) atoms. The standard InChI is InChI=1S/C17H12FNO2S2/c1-21-14-5-3-2-4-11(14)10-15-16(20)19(17(22)23-15)13-8-6-12(18)7-9-13/h2-10H,1H3. The third-order valence-corrected chi connectivity index (χ3v) is 4.61. The van der Waals surface area contributed by atoms with E-state index in [1.807, 2.05) is 24.3 Å². The number of hydrogen-bond acceptors (Lipinski definition) is 4. The maximum Gasteiger partial charge on any atom is 0.270 e. The maximum atomic E-state index is 13.0. The van der Waals surface area contributed by atoms with Gasteiger partial charge in [0.15, 0.2) is 4.32 Å². The van der Waals surface area contributed by atoms with Gasteiger partial charge in [0.2, 0.25) is 0 Å². The van der Waals surface area contributed by atoms with Gasteiger partial charge in [-0.1, -0.05) is 42.2 Å². The van der Waals surface area contributed by atoms with Crippen LogP contribution in [-0.4, -0.2) is 17.3 Å². The van der Waals surface area contributed by atoms with Crippen LogP contribution in [0.1, 0.15) is 5.56 Å². The number of carbonyl (C=O) groups excluding carboxylic acids is 1. The van der Waals surface area contributed by atoms with E-state index in [4.69, 9.17) is 17.0 Å². The molecule has 2 aromatic carbocycles. The Hall–Kier alpha value is -2.18. The van der Waals surface area contributed by atoms with Gasteiger partial charge in [-0.3, -0.25) is 9.69 Å². The highest BCUT2D eigenvalue weighted by molar-refractivity contribution is 8.27. The van der Waals surface area contributed by atoms with Gasteiger partial charge in [0.1, 0.15) is 11.6 Å². The molecule has 1 amide bonds. The van der Waals surface area contributed by atoms with Crippen molar-refractivity contribution in [2.24, 2.45) is 0 Å². The first-order valence-electron chi connectivity index (χ1n) is 6.76. The summed E-state index contributed by atoms with van der Waals surface area (Å²) in [4.78, 5) is 14.5. The molecule has 0 aromatic heterocycles. The normalized spacial score (nSPS) is 16.3. The summed E-state index contributed by atoms with van der Waals surface area (Å²) < 4.78 is 18.8. The third-order valence-electron chi connectivity index (χ3n) is 3.30. The van der Waals surface area contributed by atoms with Gasteiger partial charge in [-0.2, -0.15) is 0 Å². The van der Waals surface area contributed by atoms with Gasteiger partial charge in [0, 0.05) is 5.56 Å². The van der Waals surface area contributed by atoms with E-state index in [2.05, 4.69) is 0 Å². The van der Waals surface area contributed by atoms with Crippen molar-refractivity contribution in [2.45, 2.75) is 0 Å². The number of amides is 1. The summed E-state index contributed by atoms with van der Waals surface area (Å²) in [6, 6.07) is 13.1. The fraction of sp³-hybridized carbons (Fsp3) is 0.0588. The Bertz CT molecular complexity index is 802. The zero-order valence-electron chi connectivity index (χ0n) is 12.2. The number of halogens is 1. The average molecular weight is 345 g/mol. The molecule has 1 aliphatic rings. The molecule has 0 N–H and O–H groups in total. The van der Waals surface area contributed by atoms with Crippen LogP contribution in [0, 0.1) is 5.82 Å². The molecular weight excluding hydrogens is 333 g/mol. The van der Waals surface area contributed by atoms with Crippen LogP contribution in [0.5, 0.6) is 5.75 Å². The first kappa shape index (κ1) is 15.7. The lowest BCUT2D eigenvalue weighted by atomic mass is 10.2. The number of thioether (sulfide) groups is 1. The summed E-state index contributed by atoms with van der Waals surface area (Å²) in [6.07, 6.45) is 1.75. The predicted molar refractivity (Wildman–Crippen MR) is 95.0 cm³/mol. The van der Waals surface area contributed by atoms with Gasteiger partial charge in [-0.25, -0.2) is 4.39 Å². The number of methoxy groups -OCH3 is 1. The van der Waals surface area contributed by atoms with Crippen LogP contribution >= 0.6 is 24.0 Å². The number of para-hydroxylation sites is 1. The Labute approximate surface area is 142 Å². The molecule has 0 atom stereocenters. The fourth-order valence-corrected chi connectivity index (χ4v) is 3.50. The van der Waals surface area contributed by atoms with Crippen molar-refractivity contribution in [1.29, 1.82) is 0 Å². The SMILES string of the molecule is COc1ccccc1C=C1SC(=S)N(c2ccc(F)cc2)C1=O. The number of ether oxygens (including phenoxy) is 1. The van der Waals surface area contributed by atoms with Gasteiger partial charge in [0.05, 0.1) is 17.7 Å². The van der Waals surface area contributed by atoms with Gasteiger partial charge >= 0.3 is 0 Å². The van der Waals surface area contributed by atoms with E-state index in [1.54, 1.807) is 13.2 Å². The molecule has 0 radical (unpaired) electrons. The summed E-state index contributed by atoms with van der Waals surface area (Å²) in [5.74, 6) is 0.0980. The molecule has 0 saturated carbocycles. The van der Waals surface area contributed by atoms with Crippen molar-refractivity contribution in [3.63, 3.8) is 0 Å². The number of hydrogen-bond donors (Lipinski definition) is 0. The van der Waals surface area contributed by atoms with Gasteiger partial charge in [-0.05, 0) is 36.4 Å². The summed E-state index contributed by atoms with van der Waals surface area (Å²) >= 11 is 6.50. The van der Waals surface area contributed by atoms with Crippen LogP contribution in [0.3, 0.4) is 0 Å². The van der Waals surface area contributed by atoms with Crippen molar-refractivity contribution in [1.82, 2.24) is 0 Å².